The van der Waals surface area contributed by atoms with Crippen molar-refractivity contribution >= 4 is 39.5 Å². The van der Waals surface area contributed by atoms with Crippen LogP contribution in [0, 0.1) is 17.7 Å². The fraction of sp³-hybridized carbons (Fsp3) is 0.526. The van der Waals surface area contributed by atoms with Crippen LogP contribution >= 0.6 is 0 Å². The normalized spacial score (nSPS) is 24.6. The van der Waals surface area contributed by atoms with E-state index in [0.717, 1.165) is 5.56 Å². The van der Waals surface area contributed by atoms with Crippen molar-refractivity contribution in [3.8, 4) is 0 Å². The quantitative estimate of drug-likeness (QED) is 0.288. The molecule has 5 atom stereocenters. The lowest BCUT2D eigenvalue weighted by Crippen LogP contribution is -2.58. The summed E-state index contributed by atoms with van der Waals surface area (Å²) in [6, 6.07) is 10.5. The Balaban J connectivity index is 1.23. The molecule has 2 aromatic carbocycles. The highest BCUT2D eigenvalue weighted by Gasteiger charge is 2.62. The van der Waals surface area contributed by atoms with E-state index in [4.69, 9.17) is 4.74 Å². The second-order valence-corrected chi connectivity index (χ2v) is 17.8. The zero-order chi connectivity index (χ0) is 37.7. The Morgan fingerprint density at radius 1 is 1.06 bits per heavy atom. The second-order valence-electron chi connectivity index (χ2n) is 15.9. The molecule has 0 spiro atoms. The molecule has 3 N–H and O–H groups in total. The first-order valence-corrected chi connectivity index (χ1v) is 19.4. The summed E-state index contributed by atoms with van der Waals surface area (Å²) >= 11 is 0. The smallest absolute Gasteiger partial charge is 0.410 e. The van der Waals surface area contributed by atoms with Crippen molar-refractivity contribution in [1.82, 2.24) is 19.8 Å². The maximum absolute atomic E-state index is 14.4. The molecule has 2 aliphatic heterocycles. The lowest BCUT2D eigenvalue weighted by molar-refractivity contribution is -0.140. The summed E-state index contributed by atoms with van der Waals surface area (Å²) in [4.78, 5) is 58.1. The molecule has 2 aromatic rings. The third kappa shape index (κ3) is 7.53. The first kappa shape index (κ1) is 37.3. The molecule has 280 valence electrons. The van der Waals surface area contributed by atoms with E-state index >= 15 is 0 Å². The van der Waals surface area contributed by atoms with Crippen LogP contribution in [0.4, 0.5) is 14.9 Å². The molecule has 6 rings (SSSR count). The first-order valence-electron chi connectivity index (χ1n) is 17.8. The van der Waals surface area contributed by atoms with Crippen molar-refractivity contribution in [3.63, 3.8) is 0 Å². The van der Waals surface area contributed by atoms with Crippen LogP contribution in [0.1, 0.15) is 77.0 Å². The highest BCUT2D eigenvalue weighted by molar-refractivity contribution is 7.91. The molecule has 4 aliphatic rings. The van der Waals surface area contributed by atoms with Crippen LogP contribution < -0.4 is 15.4 Å². The lowest BCUT2D eigenvalue weighted by Gasteiger charge is -2.32. The van der Waals surface area contributed by atoms with Crippen LogP contribution in [0.2, 0.25) is 0 Å². The number of hydrogen-bond acceptors (Lipinski definition) is 8. The van der Waals surface area contributed by atoms with Gasteiger partial charge in [-0.1, -0.05) is 65.0 Å². The molecule has 12 nitrogen and oxygen atoms in total. The third-order valence-electron chi connectivity index (χ3n) is 10.6. The summed E-state index contributed by atoms with van der Waals surface area (Å²) < 4.78 is 47.7. The van der Waals surface area contributed by atoms with Crippen molar-refractivity contribution in [2.45, 2.75) is 108 Å². The van der Waals surface area contributed by atoms with Crippen molar-refractivity contribution in [2.24, 2.45) is 11.8 Å². The summed E-state index contributed by atoms with van der Waals surface area (Å²) in [5, 5.41) is 5.45. The van der Waals surface area contributed by atoms with Gasteiger partial charge in [0, 0.05) is 30.1 Å². The van der Waals surface area contributed by atoms with Crippen molar-refractivity contribution in [3.05, 3.63) is 77.6 Å². The largest absolute Gasteiger partial charge is 0.444 e. The second kappa shape index (κ2) is 13.8. The minimum absolute atomic E-state index is 0.0256. The molecule has 0 unspecified atom stereocenters. The van der Waals surface area contributed by atoms with Gasteiger partial charge in [0.15, 0.2) is 0 Å². The fourth-order valence-electron chi connectivity index (χ4n) is 7.06. The van der Waals surface area contributed by atoms with Crippen LogP contribution in [0.15, 0.2) is 55.1 Å². The number of sulfonamides is 1. The maximum atomic E-state index is 14.4. The fourth-order valence-corrected chi connectivity index (χ4v) is 8.42. The summed E-state index contributed by atoms with van der Waals surface area (Å²) in [7, 11) is -3.90. The van der Waals surface area contributed by atoms with Gasteiger partial charge in [-0.25, -0.2) is 17.6 Å². The number of hydrogen-bond donors (Lipinski definition) is 3. The number of anilines is 1. The third-order valence-corrected chi connectivity index (χ3v) is 12.4. The van der Waals surface area contributed by atoms with Crippen molar-refractivity contribution in [2.75, 3.05) is 11.9 Å². The molecular formula is C38H48FN5O7S. The standard InChI is InChI=1S/C38H48FN5O7S/c1-7-24-18-38(24,35(47)42-52(49,50)28-15-16-28)41-33(45)31-17-27(51-36(48)43-19-23-9-8-10-30(39)29(23)21-43)20-44(31)34(46)32(22(2)3)40-26-13-11-25(12-14-26)37(4,5)6/h7-14,22,24,27-28,31-32,40H,1,15-21H2,2-6H3,(H,41,45)(H,42,47)/t24-,27+,31-,32-,38+/m0/s1. The Bertz CT molecular complexity index is 1870. The Labute approximate surface area is 304 Å². The molecular weight excluding hydrogens is 690 g/mol. The van der Waals surface area contributed by atoms with Gasteiger partial charge in [0.2, 0.25) is 21.8 Å². The summed E-state index contributed by atoms with van der Waals surface area (Å²) in [6.45, 7) is 13.9. The molecule has 0 radical (unpaired) electrons. The minimum Gasteiger partial charge on any atom is -0.444 e. The number of amides is 4. The number of rotatable bonds is 11. The van der Waals surface area contributed by atoms with E-state index in [-0.39, 0.29) is 43.8 Å². The molecule has 3 fully saturated rings. The van der Waals surface area contributed by atoms with Crippen LogP contribution in [0.3, 0.4) is 0 Å². The van der Waals surface area contributed by atoms with Gasteiger partial charge in [-0.2, -0.15) is 0 Å². The van der Waals surface area contributed by atoms with E-state index in [1.54, 1.807) is 12.1 Å². The minimum atomic E-state index is -3.90. The maximum Gasteiger partial charge on any atom is 0.410 e. The molecule has 1 saturated heterocycles. The Hall–Kier alpha value is -4.46. The number of benzene rings is 2. The number of nitrogens with zero attached hydrogens (tertiary/aromatic N) is 2. The van der Waals surface area contributed by atoms with Gasteiger partial charge in [-0.05, 0) is 59.9 Å². The predicted octanol–water partition coefficient (Wildman–Crippen LogP) is 4.35. The Morgan fingerprint density at radius 3 is 2.33 bits per heavy atom. The van der Waals surface area contributed by atoms with E-state index < -0.39 is 74.5 Å². The molecule has 52 heavy (non-hydrogen) atoms. The monoisotopic (exact) mass is 737 g/mol. The Morgan fingerprint density at radius 2 is 1.75 bits per heavy atom. The SMILES string of the molecule is C=C[C@H]1C[C@]1(NC(=O)[C@@H]1C[C@@H](OC(=O)N2Cc3cccc(F)c3C2)CN1C(=O)[C@@H](Nc1ccc(C(C)(C)C)cc1)C(C)C)C(=O)NS(=O)(=O)C1CC1. The summed E-state index contributed by atoms with van der Waals surface area (Å²) in [6.07, 6.45) is 0.871. The molecule has 14 heteroatoms. The van der Waals surface area contributed by atoms with Crippen molar-refractivity contribution in [1.29, 1.82) is 0 Å². The molecule has 2 saturated carbocycles. The number of halogens is 1. The van der Waals surface area contributed by atoms with E-state index in [2.05, 4.69) is 42.7 Å². The van der Waals surface area contributed by atoms with Crippen molar-refractivity contribution < 1.29 is 36.7 Å². The predicted molar refractivity (Wildman–Crippen MR) is 193 cm³/mol. The Kier molecular flexibility index (Phi) is 9.92. The average molecular weight is 738 g/mol. The lowest BCUT2D eigenvalue weighted by atomic mass is 9.87. The molecule has 2 aliphatic carbocycles. The molecule has 0 aromatic heterocycles. The molecule has 4 amide bonds. The topological polar surface area (TPSA) is 154 Å². The van der Waals surface area contributed by atoms with E-state index in [0.29, 0.717) is 29.7 Å². The average Bonchev–Trinajstić information content (AvgIpc) is 3.97. The first-order chi connectivity index (χ1) is 24.4. The van der Waals surface area contributed by atoms with Gasteiger partial charge in [0.25, 0.3) is 5.91 Å². The van der Waals surface area contributed by atoms with E-state index in [1.807, 2.05) is 38.1 Å². The van der Waals surface area contributed by atoms with E-state index in [1.165, 1.54) is 21.9 Å². The number of likely N-dealkylation sites (tertiary alicyclic amines) is 1. The molecule has 0 bridgehead atoms. The number of fused-ring (bicyclic) bond motifs is 1. The van der Waals surface area contributed by atoms with Gasteiger partial charge < -0.3 is 20.3 Å². The number of carbonyl (C=O) groups excluding carboxylic acids is 4. The van der Waals surface area contributed by atoms with Gasteiger partial charge in [-0.3, -0.25) is 24.0 Å². The summed E-state index contributed by atoms with van der Waals surface area (Å²) in [5.41, 5.74) is 1.30. The zero-order valence-electron chi connectivity index (χ0n) is 30.3. The van der Waals surface area contributed by atoms with Crippen LogP contribution in [0.25, 0.3) is 0 Å². The van der Waals surface area contributed by atoms with Gasteiger partial charge in [-0.15, -0.1) is 6.58 Å². The number of ether oxygens (including phenoxy) is 1. The number of nitrogens with one attached hydrogen (secondary N) is 3. The van der Waals surface area contributed by atoms with Crippen LogP contribution in [0.5, 0.6) is 0 Å². The highest BCUT2D eigenvalue weighted by Crippen LogP contribution is 2.45. The van der Waals surface area contributed by atoms with E-state index in [9.17, 15) is 32.0 Å². The van der Waals surface area contributed by atoms with Crippen LogP contribution in [-0.4, -0.2) is 77.6 Å². The summed E-state index contributed by atoms with van der Waals surface area (Å²) in [5.74, 6) is -3.10. The van der Waals surface area contributed by atoms with Gasteiger partial charge in [0.05, 0.1) is 18.3 Å². The van der Waals surface area contributed by atoms with Gasteiger partial charge >= 0.3 is 6.09 Å². The molecule has 2 heterocycles. The zero-order valence-corrected chi connectivity index (χ0v) is 31.1. The van der Waals surface area contributed by atoms with Crippen LogP contribution in [-0.2, 0) is 47.6 Å². The van der Waals surface area contributed by atoms with Gasteiger partial charge in [0.1, 0.15) is 29.5 Å². The number of carbonyl (C=O) groups is 4. The highest BCUT2D eigenvalue weighted by atomic mass is 32.2.